The van der Waals surface area contributed by atoms with Crippen molar-refractivity contribution in [3.05, 3.63) is 70.5 Å². The normalized spacial score (nSPS) is 19.1. The van der Waals surface area contributed by atoms with Crippen molar-refractivity contribution >= 4 is 34.2 Å². The number of carbonyl (C=O) groups is 1. The van der Waals surface area contributed by atoms with Crippen molar-refractivity contribution < 1.29 is 9.18 Å². The van der Waals surface area contributed by atoms with E-state index in [0.29, 0.717) is 6.04 Å². The fourth-order valence-corrected chi connectivity index (χ4v) is 4.19. The van der Waals surface area contributed by atoms with Crippen LogP contribution in [0.4, 0.5) is 10.2 Å². The molecule has 1 amide bonds. The lowest BCUT2D eigenvalue weighted by Crippen LogP contribution is -2.40. The summed E-state index contributed by atoms with van der Waals surface area (Å²) in [6.45, 7) is 2.10. The van der Waals surface area contributed by atoms with Gasteiger partial charge in [-0.15, -0.1) is 0 Å². The number of fused-ring (bicyclic) bond motifs is 1. The van der Waals surface area contributed by atoms with Gasteiger partial charge in [0.05, 0.1) is 5.52 Å². The van der Waals surface area contributed by atoms with Gasteiger partial charge in [0, 0.05) is 28.1 Å². The molecule has 1 saturated carbocycles. The molecule has 2 N–H and O–H groups in total. The van der Waals surface area contributed by atoms with E-state index in [1.165, 1.54) is 29.1 Å². The van der Waals surface area contributed by atoms with Crippen LogP contribution in [-0.2, 0) is 0 Å². The molecule has 0 aliphatic heterocycles. The summed E-state index contributed by atoms with van der Waals surface area (Å²) in [6, 6.07) is 14.5. The molecule has 1 aliphatic rings. The number of halogens is 2. The first-order valence-electron chi connectivity index (χ1n) is 9.88. The summed E-state index contributed by atoms with van der Waals surface area (Å²) < 4.78 is 13.5. The molecule has 4 rings (SSSR count). The van der Waals surface area contributed by atoms with Gasteiger partial charge in [-0.05, 0) is 68.5 Å². The maximum atomic E-state index is 13.5. The molecule has 1 heterocycles. The second kappa shape index (κ2) is 8.37. The van der Waals surface area contributed by atoms with Crippen LogP contribution in [0.5, 0.6) is 0 Å². The van der Waals surface area contributed by atoms with Crippen molar-refractivity contribution in [1.29, 1.82) is 0 Å². The van der Waals surface area contributed by atoms with E-state index in [0.717, 1.165) is 37.0 Å². The van der Waals surface area contributed by atoms with E-state index in [1.807, 2.05) is 18.2 Å². The first kappa shape index (κ1) is 19.6. The van der Waals surface area contributed by atoms with Crippen molar-refractivity contribution in [3.8, 4) is 0 Å². The predicted octanol–water partition coefficient (Wildman–Crippen LogP) is 5.49. The number of carbonyl (C=O) groups excluding carboxylic acids is 1. The Morgan fingerprint density at radius 1 is 1.07 bits per heavy atom. The Hall–Kier alpha value is -2.66. The van der Waals surface area contributed by atoms with Crippen molar-refractivity contribution in [2.45, 2.75) is 44.7 Å². The van der Waals surface area contributed by atoms with Gasteiger partial charge < -0.3 is 10.6 Å². The molecule has 0 radical (unpaired) electrons. The number of hydrogen-bond donors (Lipinski definition) is 2. The van der Waals surface area contributed by atoms with E-state index in [2.05, 4.69) is 29.7 Å². The van der Waals surface area contributed by atoms with Crippen LogP contribution in [-0.4, -0.2) is 23.0 Å². The lowest BCUT2D eigenvalue weighted by Gasteiger charge is -2.30. The average molecular weight is 412 g/mol. The Morgan fingerprint density at radius 3 is 2.55 bits per heavy atom. The van der Waals surface area contributed by atoms with Crippen molar-refractivity contribution in [2.75, 3.05) is 5.32 Å². The summed E-state index contributed by atoms with van der Waals surface area (Å²) in [5.74, 6) is 0.103. The Labute approximate surface area is 174 Å². The molecule has 0 atom stereocenters. The lowest BCUT2D eigenvalue weighted by atomic mass is 9.91. The molecule has 0 spiro atoms. The Balaban J connectivity index is 1.34. The molecule has 150 valence electrons. The molecule has 3 aromatic rings. The van der Waals surface area contributed by atoms with Crippen LogP contribution in [0, 0.1) is 12.7 Å². The Morgan fingerprint density at radius 2 is 1.79 bits per heavy atom. The van der Waals surface area contributed by atoms with Crippen molar-refractivity contribution in [2.24, 2.45) is 0 Å². The van der Waals surface area contributed by atoms with E-state index < -0.39 is 5.82 Å². The molecule has 1 fully saturated rings. The van der Waals surface area contributed by atoms with Gasteiger partial charge in [-0.2, -0.15) is 0 Å². The zero-order chi connectivity index (χ0) is 20.4. The highest BCUT2D eigenvalue weighted by Crippen LogP contribution is 2.25. The molecule has 1 aromatic heterocycles. The van der Waals surface area contributed by atoms with Crippen molar-refractivity contribution in [1.82, 2.24) is 10.3 Å². The maximum Gasteiger partial charge on any atom is 0.251 e. The highest BCUT2D eigenvalue weighted by atomic mass is 35.5. The summed E-state index contributed by atoms with van der Waals surface area (Å²) in [5.41, 5.74) is 2.45. The second-order valence-electron chi connectivity index (χ2n) is 7.67. The highest BCUT2D eigenvalue weighted by Gasteiger charge is 2.23. The van der Waals surface area contributed by atoms with Gasteiger partial charge in [0.25, 0.3) is 5.91 Å². The number of benzene rings is 2. The van der Waals surface area contributed by atoms with Gasteiger partial charge in [0.15, 0.2) is 0 Å². The number of para-hydroxylation sites is 1. The quantitative estimate of drug-likeness (QED) is 0.597. The second-order valence-corrected chi connectivity index (χ2v) is 8.10. The minimum absolute atomic E-state index is 0.0777. The summed E-state index contributed by atoms with van der Waals surface area (Å²) in [5, 5.41) is 7.93. The van der Waals surface area contributed by atoms with Crippen LogP contribution in [0.3, 0.4) is 0 Å². The monoisotopic (exact) mass is 411 g/mol. The van der Waals surface area contributed by atoms with E-state index in [9.17, 15) is 9.18 Å². The first-order chi connectivity index (χ1) is 14.0. The third-order valence-electron chi connectivity index (χ3n) is 5.46. The molecular formula is C23H23ClFN3O. The van der Waals surface area contributed by atoms with Gasteiger partial charge in [0.1, 0.15) is 11.6 Å². The zero-order valence-electron chi connectivity index (χ0n) is 16.2. The van der Waals surface area contributed by atoms with Gasteiger partial charge in [-0.25, -0.2) is 9.37 Å². The van der Waals surface area contributed by atoms with Crippen LogP contribution in [0.25, 0.3) is 10.9 Å². The minimum atomic E-state index is -0.506. The molecule has 6 heteroatoms. The molecule has 2 aromatic carbocycles. The highest BCUT2D eigenvalue weighted by molar-refractivity contribution is 6.31. The van der Waals surface area contributed by atoms with Gasteiger partial charge >= 0.3 is 0 Å². The van der Waals surface area contributed by atoms with Gasteiger partial charge in [-0.3, -0.25) is 4.79 Å². The summed E-state index contributed by atoms with van der Waals surface area (Å²) in [6.07, 6.45) is 3.59. The number of anilines is 1. The number of nitrogens with zero attached hydrogens (tertiary/aromatic N) is 1. The third kappa shape index (κ3) is 4.67. The van der Waals surface area contributed by atoms with Crippen LogP contribution < -0.4 is 10.6 Å². The number of amides is 1. The topological polar surface area (TPSA) is 54.0 Å². The first-order valence-corrected chi connectivity index (χ1v) is 10.3. The number of nitrogens with one attached hydrogen (secondary N) is 2. The van der Waals surface area contributed by atoms with Crippen LogP contribution in [0.1, 0.15) is 41.6 Å². The molecule has 0 bridgehead atoms. The number of aryl methyl sites for hydroxylation is 1. The summed E-state index contributed by atoms with van der Waals surface area (Å²) in [7, 11) is 0. The van der Waals surface area contributed by atoms with Gasteiger partial charge in [0.2, 0.25) is 0 Å². The molecule has 1 aliphatic carbocycles. The lowest BCUT2D eigenvalue weighted by molar-refractivity contribution is 0.0926. The van der Waals surface area contributed by atoms with E-state index in [4.69, 9.17) is 16.6 Å². The molecule has 4 nitrogen and oxygen atoms in total. The fourth-order valence-electron chi connectivity index (χ4n) is 3.97. The van der Waals surface area contributed by atoms with Crippen LogP contribution >= 0.6 is 11.6 Å². The number of hydrogen-bond acceptors (Lipinski definition) is 3. The minimum Gasteiger partial charge on any atom is -0.367 e. The molecule has 0 saturated heterocycles. The Kier molecular flexibility index (Phi) is 5.67. The smallest absolute Gasteiger partial charge is 0.251 e. The number of pyridine rings is 1. The average Bonchev–Trinajstić information content (AvgIpc) is 2.69. The number of aromatic nitrogens is 1. The zero-order valence-corrected chi connectivity index (χ0v) is 17.0. The fraction of sp³-hybridized carbons (Fsp3) is 0.304. The van der Waals surface area contributed by atoms with Crippen molar-refractivity contribution in [3.63, 3.8) is 0 Å². The third-order valence-corrected chi connectivity index (χ3v) is 5.68. The van der Waals surface area contributed by atoms with E-state index in [1.54, 1.807) is 0 Å². The van der Waals surface area contributed by atoms with Gasteiger partial charge in [-0.1, -0.05) is 29.8 Å². The van der Waals surface area contributed by atoms with E-state index in [-0.39, 0.29) is 22.5 Å². The van der Waals surface area contributed by atoms with Crippen LogP contribution in [0.2, 0.25) is 5.02 Å². The standard InChI is InChI=1S/C23H23ClFN3O/c1-14-10-22(28-21-5-3-2-4-20(14)21)26-18-6-8-19(9-7-18)27-23(29)15-11-16(24)13-17(25)12-15/h2-5,10-13,18-19H,6-9H2,1H3,(H,26,28)(H,27,29)/t18-,19+. The van der Waals surface area contributed by atoms with Crippen LogP contribution in [0.15, 0.2) is 48.5 Å². The maximum absolute atomic E-state index is 13.5. The largest absolute Gasteiger partial charge is 0.367 e. The SMILES string of the molecule is Cc1cc(N[C@H]2CC[C@@H](NC(=O)c3cc(F)cc(Cl)c3)CC2)nc2ccccc12. The predicted molar refractivity (Wildman–Crippen MR) is 115 cm³/mol. The summed E-state index contributed by atoms with van der Waals surface area (Å²) >= 11 is 5.85. The Bertz CT molecular complexity index is 1030. The van der Waals surface area contributed by atoms with E-state index >= 15 is 0 Å². The molecule has 29 heavy (non-hydrogen) atoms. The molecule has 0 unspecified atom stereocenters. The summed E-state index contributed by atoms with van der Waals surface area (Å²) in [4.78, 5) is 17.1. The number of rotatable bonds is 4. The molecular weight excluding hydrogens is 389 g/mol.